The van der Waals surface area contributed by atoms with E-state index in [9.17, 15) is 12.8 Å². The van der Waals surface area contributed by atoms with E-state index in [1.807, 2.05) is 19.1 Å². The van der Waals surface area contributed by atoms with E-state index in [-0.39, 0.29) is 12.4 Å². The molecule has 2 aromatic carbocycles. The van der Waals surface area contributed by atoms with E-state index in [1.54, 1.807) is 24.3 Å². The minimum atomic E-state index is -3.40. The zero-order valence-corrected chi connectivity index (χ0v) is 12.2. The summed E-state index contributed by atoms with van der Waals surface area (Å²) in [7, 11) is -3.40. The summed E-state index contributed by atoms with van der Waals surface area (Å²) >= 11 is 0. The van der Waals surface area contributed by atoms with E-state index in [2.05, 4.69) is 0 Å². The highest BCUT2D eigenvalue weighted by atomic mass is 32.2. The standard InChI is InChI=1S/C15H16FNO2S/c1-12-3-9-15(10-4-12)17(20(2,18)19)11-13-5-7-14(16)8-6-13/h3-10H,11H2,1-2H3. The summed E-state index contributed by atoms with van der Waals surface area (Å²) < 4.78 is 38.1. The molecule has 0 aliphatic rings. The molecule has 0 heterocycles. The van der Waals surface area contributed by atoms with E-state index in [4.69, 9.17) is 0 Å². The summed E-state index contributed by atoms with van der Waals surface area (Å²) in [5.41, 5.74) is 2.39. The lowest BCUT2D eigenvalue weighted by Gasteiger charge is -2.22. The normalized spacial score (nSPS) is 11.3. The molecule has 3 nitrogen and oxygen atoms in total. The summed E-state index contributed by atoms with van der Waals surface area (Å²) in [6.45, 7) is 2.12. The molecule has 0 atom stereocenters. The first-order valence-electron chi connectivity index (χ1n) is 6.15. The molecule has 0 aliphatic carbocycles. The van der Waals surface area contributed by atoms with Gasteiger partial charge in [0.15, 0.2) is 0 Å². The number of hydrogen-bond acceptors (Lipinski definition) is 2. The van der Waals surface area contributed by atoms with Gasteiger partial charge >= 0.3 is 0 Å². The number of nitrogens with zero attached hydrogens (tertiary/aromatic N) is 1. The Kier molecular flexibility index (Phi) is 4.09. The Balaban J connectivity index is 2.34. The molecule has 0 N–H and O–H groups in total. The van der Waals surface area contributed by atoms with Gasteiger partial charge in [0.05, 0.1) is 18.5 Å². The summed E-state index contributed by atoms with van der Waals surface area (Å²) in [5.74, 6) is -0.338. The Morgan fingerprint density at radius 1 is 1.00 bits per heavy atom. The third-order valence-electron chi connectivity index (χ3n) is 2.96. The Morgan fingerprint density at radius 3 is 2.05 bits per heavy atom. The minimum Gasteiger partial charge on any atom is -0.266 e. The van der Waals surface area contributed by atoms with Crippen LogP contribution in [-0.4, -0.2) is 14.7 Å². The van der Waals surface area contributed by atoms with Gasteiger partial charge in [0.1, 0.15) is 5.82 Å². The van der Waals surface area contributed by atoms with Gasteiger partial charge in [-0.05, 0) is 36.8 Å². The molecule has 20 heavy (non-hydrogen) atoms. The smallest absolute Gasteiger partial charge is 0.232 e. The van der Waals surface area contributed by atoms with E-state index >= 15 is 0 Å². The van der Waals surface area contributed by atoms with Crippen molar-refractivity contribution >= 4 is 15.7 Å². The van der Waals surface area contributed by atoms with Crippen molar-refractivity contribution in [2.75, 3.05) is 10.6 Å². The topological polar surface area (TPSA) is 37.4 Å². The van der Waals surface area contributed by atoms with Gasteiger partial charge in [-0.1, -0.05) is 29.8 Å². The summed E-state index contributed by atoms with van der Waals surface area (Å²) in [6.07, 6.45) is 1.16. The van der Waals surface area contributed by atoms with Gasteiger partial charge in [0, 0.05) is 0 Å². The SMILES string of the molecule is Cc1ccc(N(Cc2ccc(F)cc2)S(C)(=O)=O)cc1. The molecular weight excluding hydrogens is 277 g/mol. The Morgan fingerprint density at radius 2 is 1.55 bits per heavy atom. The number of hydrogen-bond donors (Lipinski definition) is 0. The first-order chi connectivity index (χ1) is 9.36. The third kappa shape index (κ3) is 3.57. The number of rotatable bonds is 4. The van der Waals surface area contributed by atoms with Crippen molar-refractivity contribution in [3.8, 4) is 0 Å². The van der Waals surface area contributed by atoms with E-state index in [1.165, 1.54) is 16.4 Å². The lowest BCUT2D eigenvalue weighted by molar-refractivity contribution is 0.596. The number of benzene rings is 2. The molecule has 0 unspecified atom stereocenters. The predicted molar refractivity (Wildman–Crippen MR) is 78.6 cm³/mol. The second-order valence-corrected chi connectivity index (χ2v) is 6.64. The van der Waals surface area contributed by atoms with Crippen LogP contribution in [0, 0.1) is 12.7 Å². The molecule has 2 rings (SSSR count). The van der Waals surface area contributed by atoms with Crippen molar-refractivity contribution in [1.82, 2.24) is 0 Å². The molecule has 0 saturated carbocycles. The van der Waals surface area contributed by atoms with Crippen LogP contribution < -0.4 is 4.31 Å². The maximum Gasteiger partial charge on any atom is 0.232 e. The zero-order chi connectivity index (χ0) is 14.8. The summed E-state index contributed by atoms with van der Waals surface area (Å²) in [5, 5.41) is 0. The van der Waals surface area contributed by atoms with Crippen molar-refractivity contribution in [3.05, 3.63) is 65.5 Å². The largest absolute Gasteiger partial charge is 0.266 e. The zero-order valence-electron chi connectivity index (χ0n) is 11.4. The minimum absolute atomic E-state index is 0.183. The Bertz CT molecular complexity index is 679. The fourth-order valence-corrected chi connectivity index (χ4v) is 2.75. The van der Waals surface area contributed by atoms with Gasteiger partial charge in [0.25, 0.3) is 0 Å². The van der Waals surface area contributed by atoms with Gasteiger partial charge in [-0.15, -0.1) is 0 Å². The van der Waals surface area contributed by atoms with Gasteiger partial charge < -0.3 is 0 Å². The molecule has 0 aromatic heterocycles. The van der Waals surface area contributed by atoms with Crippen molar-refractivity contribution in [2.45, 2.75) is 13.5 Å². The van der Waals surface area contributed by atoms with Gasteiger partial charge in [-0.25, -0.2) is 12.8 Å². The molecular formula is C15H16FNO2S. The quantitative estimate of drug-likeness (QED) is 0.868. The number of sulfonamides is 1. The number of anilines is 1. The molecule has 0 spiro atoms. The Hall–Kier alpha value is -1.88. The number of halogens is 1. The lowest BCUT2D eigenvalue weighted by Crippen LogP contribution is -2.29. The summed E-state index contributed by atoms with van der Waals surface area (Å²) in [6, 6.07) is 13.1. The van der Waals surface area contributed by atoms with Gasteiger partial charge in [-0.3, -0.25) is 4.31 Å². The average Bonchev–Trinajstić information content (AvgIpc) is 2.38. The molecule has 5 heteroatoms. The Labute approximate surface area is 118 Å². The highest BCUT2D eigenvalue weighted by Crippen LogP contribution is 2.21. The first kappa shape index (κ1) is 14.5. The van der Waals surface area contributed by atoms with Gasteiger partial charge in [0.2, 0.25) is 10.0 Å². The molecule has 0 saturated heterocycles. The molecule has 0 bridgehead atoms. The second-order valence-electron chi connectivity index (χ2n) is 4.73. The molecule has 0 fully saturated rings. The van der Waals surface area contributed by atoms with Crippen LogP contribution in [0.3, 0.4) is 0 Å². The third-order valence-corrected chi connectivity index (χ3v) is 4.10. The van der Waals surface area contributed by atoms with Crippen LogP contribution in [0.4, 0.5) is 10.1 Å². The van der Waals surface area contributed by atoms with Crippen molar-refractivity contribution < 1.29 is 12.8 Å². The number of aryl methyl sites for hydroxylation is 1. The maximum atomic E-state index is 12.9. The monoisotopic (exact) mass is 293 g/mol. The molecule has 0 radical (unpaired) electrons. The average molecular weight is 293 g/mol. The van der Waals surface area contributed by atoms with Gasteiger partial charge in [-0.2, -0.15) is 0 Å². The van der Waals surface area contributed by atoms with E-state index < -0.39 is 10.0 Å². The summed E-state index contributed by atoms with van der Waals surface area (Å²) in [4.78, 5) is 0. The molecule has 0 amide bonds. The van der Waals surface area contributed by atoms with Crippen LogP contribution in [-0.2, 0) is 16.6 Å². The first-order valence-corrected chi connectivity index (χ1v) is 8.00. The van der Waals surface area contributed by atoms with E-state index in [0.717, 1.165) is 17.4 Å². The van der Waals surface area contributed by atoms with Crippen LogP contribution >= 0.6 is 0 Å². The van der Waals surface area contributed by atoms with Crippen molar-refractivity contribution in [1.29, 1.82) is 0 Å². The van der Waals surface area contributed by atoms with Crippen LogP contribution in [0.5, 0.6) is 0 Å². The van der Waals surface area contributed by atoms with Crippen LogP contribution in [0.2, 0.25) is 0 Å². The molecule has 2 aromatic rings. The lowest BCUT2D eigenvalue weighted by atomic mass is 10.2. The van der Waals surface area contributed by atoms with E-state index in [0.29, 0.717) is 5.69 Å². The fraction of sp³-hybridized carbons (Fsp3) is 0.200. The highest BCUT2D eigenvalue weighted by Gasteiger charge is 2.17. The maximum absolute atomic E-state index is 12.9. The van der Waals surface area contributed by atoms with Crippen molar-refractivity contribution in [3.63, 3.8) is 0 Å². The van der Waals surface area contributed by atoms with Crippen LogP contribution in [0.25, 0.3) is 0 Å². The fourth-order valence-electron chi connectivity index (χ4n) is 1.87. The predicted octanol–water partition coefficient (Wildman–Crippen LogP) is 3.10. The second kappa shape index (κ2) is 5.63. The molecule has 106 valence electrons. The molecule has 0 aliphatic heterocycles. The van der Waals surface area contributed by atoms with Crippen LogP contribution in [0.15, 0.2) is 48.5 Å². The van der Waals surface area contributed by atoms with Crippen molar-refractivity contribution in [2.24, 2.45) is 0 Å². The van der Waals surface area contributed by atoms with Crippen LogP contribution in [0.1, 0.15) is 11.1 Å². The highest BCUT2D eigenvalue weighted by molar-refractivity contribution is 7.92.